The number of nitrogens with zero attached hydrogens (tertiary/aromatic N) is 3. The van der Waals surface area contributed by atoms with Crippen LogP contribution in [0.4, 0.5) is 15.9 Å². The summed E-state index contributed by atoms with van der Waals surface area (Å²) >= 11 is 1.56. The summed E-state index contributed by atoms with van der Waals surface area (Å²) in [6, 6.07) is 21.1. The van der Waals surface area contributed by atoms with Crippen molar-refractivity contribution in [1.82, 2.24) is 9.27 Å². The number of fused-ring (bicyclic) bond motifs is 1. The number of piperazine rings is 1. The van der Waals surface area contributed by atoms with Crippen LogP contribution in [-0.4, -0.2) is 50.4 Å². The summed E-state index contributed by atoms with van der Waals surface area (Å²) in [6.07, 6.45) is 1.94. The Labute approximate surface area is 209 Å². The van der Waals surface area contributed by atoms with Crippen LogP contribution in [0.1, 0.15) is 12.0 Å². The van der Waals surface area contributed by atoms with Gasteiger partial charge in [0, 0.05) is 37.3 Å². The molecule has 4 aromatic rings. The van der Waals surface area contributed by atoms with E-state index in [2.05, 4.69) is 43.2 Å². The van der Waals surface area contributed by atoms with Gasteiger partial charge in [-0.3, -0.25) is 9.62 Å². The number of aromatic nitrogens is 1. The van der Waals surface area contributed by atoms with Gasteiger partial charge in [-0.15, -0.1) is 0 Å². The van der Waals surface area contributed by atoms with Gasteiger partial charge in [0.25, 0.3) is 10.0 Å². The summed E-state index contributed by atoms with van der Waals surface area (Å²) in [5.74, 6) is 0.341. The number of nitrogens with one attached hydrogen (secondary N) is 1. The highest BCUT2D eigenvalue weighted by Crippen LogP contribution is 2.29. The molecule has 0 spiro atoms. The zero-order valence-electron chi connectivity index (χ0n) is 19.2. The van der Waals surface area contributed by atoms with Crippen molar-refractivity contribution in [2.75, 3.05) is 42.3 Å². The van der Waals surface area contributed by atoms with Crippen LogP contribution in [0.5, 0.6) is 0 Å². The van der Waals surface area contributed by atoms with E-state index in [0.717, 1.165) is 63.0 Å². The van der Waals surface area contributed by atoms with Gasteiger partial charge in [-0.2, -0.15) is 4.37 Å². The molecule has 1 saturated heterocycles. The van der Waals surface area contributed by atoms with Crippen LogP contribution >= 0.6 is 11.5 Å². The quantitative estimate of drug-likeness (QED) is 0.362. The van der Waals surface area contributed by atoms with E-state index in [0.29, 0.717) is 5.69 Å². The molecule has 0 saturated carbocycles. The zero-order valence-corrected chi connectivity index (χ0v) is 20.9. The number of hydrogen-bond acceptors (Lipinski definition) is 6. The van der Waals surface area contributed by atoms with Crippen molar-refractivity contribution >= 4 is 43.1 Å². The average Bonchev–Trinajstić information content (AvgIpc) is 3.30. The van der Waals surface area contributed by atoms with Crippen LogP contribution in [0.3, 0.4) is 0 Å². The number of halogens is 1. The Kier molecular flexibility index (Phi) is 6.99. The van der Waals surface area contributed by atoms with Gasteiger partial charge in [0.05, 0.1) is 4.70 Å². The first-order valence-electron chi connectivity index (χ1n) is 11.7. The van der Waals surface area contributed by atoms with Gasteiger partial charge in [0.2, 0.25) is 0 Å². The minimum atomic E-state index is -3.96. The Hall–Kier alpha value is -3.01. The maximum atomic E-state index is 13.9. The Morgan fingerprint density at radius 3 is 2.40 bits per heavy atom. The first-order valence-corrected chi connectivity index (χ1v) is 13.9. The lowest BCUT2D eigenvalue weighted by molar-refractivity contribution is 0.255. The van der Waals surface area contributed by atoms with E-state index in [1.807, 2.05) is 12.1 Å². The molecule has 1 aliphatic heterocycles. The van der Waals surface area contributed by atoms with E-state index in [4.69, 9.17) is 0 Å². The summed E-state index contributed by atoms with van der Waals surface area (Å²) in [7, 11) is -3.96. The second kappa shape index (κ2) is 10.3. The second-order valence-corrected chi connectivity index (χ2v) is 11.1. The van der Waals surface area contributed by atoms with Gasteiger partial charge < -0.3 is 4.90 Å². The third-order valence-corrected chi connectivity index (χ3v) is 8.53. The van der Waals surface area contributed by atoms with E-state index in [-0.39, 0.29) is 4.90 Å². The summed E-state index contributed by atoms with van der Waals surface area (Å²) in [5, 5.41) is 1.24. The molecule has 9 heteroatoms. The highest BCUT2D eigenvalue weighted by Gasteiger charge is 2.21. The lowest BCUT2D eigenvalue weighted by Crippen LogP contribution is -2.46. The third kappa shape index (κ3) is 5.47. The van der Waals surface area contributed by atoms with Gasteiger partial charge in [0.15, 0.2) is 0 Å². The molecular weight excluding hydrogens is 483 g/mol. The van der Waals surface area contributed by atoms with Crippen LogP contribution < -0.4 is 9.62 Å². The number of aryl methyl sites for hydroxylation is 1. The molecule has 1 aliphatic rings. The highest BCUT2D eigenvalue weighted by atomic mass is 32.2. The monoisotopic (exact) mass is 510 g/mol. The fraction of sp³-hybridized carbons (Fsp3) is 0.269. The highest BCUT2D eigenvalue weighted by molar-refractivity contribution is 7.92. The summed E-state index contributed by atoms with van der Waals surface area (Å²) in [5.41, 5.74) is 1.56. The molecule has 2 heterocycles. The molecule has 0 atom stereocenters. The van der Waals surface area contributed by atoms with Crippen molar-refractivity contribution in [3.05, 3.63) is 84.2 Å². The standard InChI is InChI=1S/C26H27FN4O2S2/c27-23-8-2-4-10-25(23)35(32,33)29-21-13-11-20(12-14-21)6-5-15-30-16-18-31(19-17-30)26-22-7-1-3-9-24(22)34-28-26/h1-4,7-14,29H,5-6,15-19H2. The van der Waals surface area contributed by atoms with Crippen LogP contribution in [0, 0.1) is 5.82 Å². The number of sulfonamides is 1. The lowest BCUT2D eigenvalue weighted by atomic mass is 10.1. The van der Waals surface area contributed by atoms with Crippen LogP contribution in [0.2, 0.25) is 0 Å². The molecule has 0 aliphatic carbocycles. The molecule has 182 valence electrons. The summed E-state index contributed by atoms with van der Waals surface area (Å²) in [6.45, 7) is 5.01. The van der Waals surface area contributed by atoms with Crippen LogP contribution in [0.15, 0.2) is 77.7 Å². The van der Waals surface area contributed by atoms with Crippen molar-refractivity contribution in [3.63, 3.8) is 0 Å². The van der Waals surface area contributed by atoms with E-state index in [1.165, 1.54) is 28.3 Å². The minimum Gasteiger partial charge on any atom is -0.353 e. The SMILES string of the molecule is O=S(=O)(Nc1ccc(CCCN2CCN(c3nsc4ccccc34)CC2)cc1)c1ccccc1F. The van der Waals surface area contributed by atoms with E-state index < -0.39 is 15.8 Å². The molecule has 0 unspecified atom stereocenters. The molecule has 35 heavy (non-hydrogen) atoms. The van der Waals surface area contributed by atoms with Crippen molar-refractivity contribution in [2.45, 2.75) is 17.7 Å². The maximum Gasteiger partial charge on any atom is 0.264 e. The second-order valence-electron chi connectivity index (χ2n) is 8.67. The molecule has 0 amide bonds. The molecular formula is C26H27FN4O2S2. The van der Waals surface area contributed by atoms with Crippen molar-refractivity contribution in [2.24, 2.45) is 0 Å². The number of benzene rings is 3. The fourth-order valence-electron chi connectivity index (χ4n) is 4.40. The van der Waals surface area contributed by atoms with Crippen molar-refractivity contribution < 1.29 is 12.8 Å². The minimum absolute atomic E-state index is 0.355. The van der Waals surface area contributed by atoms with Gasteiger partial charge >= 0.3 is 0 Å². The molecule has 3 aromatic carbocycles. The number of rotatable bonds is 8. The van der Waals surface area contributed by atoms with Gasteiger partial charge in [-0.05, 0) is 72.9 Å². The van der Waals surface area contributed by atoms with Crippen LogP contribution in [-0.2, 0) is 16.4 Å². The Bertz CT molecular complexity index is 1400. The van der Waals surface area contributed by atoms with E-state index in [9.17, 15) is 12.8 Å². The predicted octanol–water partition coefficient (Wildman–Crippen LogP) is 4.99. The molecule has 5 rings (SSSR count). The first kappa shape index (κ1) is 23.7. The first-order chi connectivity index (χ1) is 17.0. The number of hydrogen-bond donors (Lipinski definition) is 1. The van der Waals surface area contributed by atoms with Gasteiger partial charge in [-0.25, -0.2) is 12.8 Å². The van der Waals surface area contributed by atoms with Crippen molar-refractivity contribution in [1.29, 1.82) is 0 Å². The lowest BCUT2D eigenvalue weighted by Gasteiger charge is -2.35. The Morgan fingerprint density at radius 1 is 0.914 bits per heavy atom. The average molecular weight is 511 g/mol. The van der Waals surface area contributed by atoms with Crippen molar-refractivity contribution in [3.8, 4) is 0 Å². The molecule has 1 fully saturated rings. The predicted molar refractivity (Wildman–Crippen MR) is 140 cm³/mol. The summed E-state index contributed by atoms with van der Waals surface area (Å²) < 4.78 is 47.1. The van der Waals surface area contributed by atoms with Gasteiger partial charge in [0.1, 0.15) is 16.5 Å². The molecule has 0 radical (unpaired) electrons. The topological polar surface area (TPSA) is 65.5 Å². The normalized spacial score (nSPS) is 14.9. The number of anilines is 2. The molecule has 6 nitrogen and oxygen atoms in total. The van der Waals surface area contributed by atoms with E-state index in [1.54, 1.807) is 23.7 Å². The summed E-state index contributed by atoms with van der Waals surface area (Å²) in [4.78, 5) is 4.52. The fourth-order valence-corrected chi connectivity index (χ4v) is 6.34. The smallest absolute Gasteiger partial charge is 0.264 e. The third-order valence-electron chi connectivity index (χ3n) is 6.30. The van der Waals surface area contributed by atoms with Gasteiger partial charge in [-0.1, -0.05) is 36.4 Å². The van der Waals surface area contributed by atoms with E-state index >= 15 is 0 Å². The Balaban J connectivity index is 1.09. The maximum absolute atomic E-state index is 13.9. The Morgan fingerprint density at radius 2 is 1.63 bits per heavy atom. The molecule has 1 aromatic heterocycles. The largest absolute Gasteiger partial charge is 0.353 e. The molecule has 0 bridgehead atoms. The van der Waals surface area contributed by atoms with Crippen LogP contribution in [0.25, 0.3) is 10.1 Å². The molecule has 1 N–H and O–H groups in total. The zero-order chi connectivity index (χ0) is 24.3.